The van der Waals surface area contributed by atoms with Crippen LogP contribution in [0.15, 0.2) is 12.7 Å². The van der Waals surface area contributed by atoms with Crippen molar-refractivity contribution >= 4 is 36.7 Å². The van der Waals surface area contributed by atoms with Gasteiger partial charge < -0.3 is 40.2 Å². The van der Waals surface area contributed by atoms with Gasteiger partial charge in [-0.3, -0.25) is 23.2 Å². The number of unbranched alkanes of at least 4 members (excludes halogenated alkanes) is 8. The molecule has 0 aliphatic carbocycles. The summed E-state index contributed by atoms with van der Waals surface area (Å²) in [7, 11) is -5.09. The van der Waals surface area contributed by atoms with Crippen molar-refractivity contribution < 1.29 is 57.6 Å². The molecule has 1 aliphatic rings. The number of hydrogen-bond acceptors (Lipinski definition) is 15. The van der Waals surface area contributed by atoms with Gasteiger partial charge in [0.25, 0.3) is 0 Å². The van der Waals surface area contributed by atoms with Crippen LogP contribution in [-0.2, 0) is 37.4 Å². The number of nitrogens with zero attached hydrogens (tertiary/aromatic N) is 4. The summed E-state index contributed by atoms with van der Waals surface area (Å²) >= 11 is 0. The zero-order valence-corrected chi connectivity index (χ0v) is 27.8. The molecule has 3 heterocycles. The average molecular weight is 690 g/mol. The van der Waals surface area contributed by atoms with Gasteiger partial charge in [0.05, 0.1) is 12.9 Å². The molecule has 6 N–H and O–H groups in total. The number of phosphoric ester groups is 1. The molecule has 3 rings (SSSR count). The van der Waals surface area contributed by atoms with Crippen LogP contribution in [0.4, 0.5) is 5.82 Å². The molecule has 1 fully saturated rings. The van der Waals surface area contributed by atoms with Crippen LogP contribution in [0.5, 0.6) is 0 Å². The molecule has 7 atom stereocenters. The Labute approximate surface area is 273 Å². The van der Waals surface area contributed by atoms with Crippen LogP contribution in [0.25, 0.3) is 11.2 Å². The van der Waals surface area contributed by atoms with Crippen LogP contribution in [0.2, 0.25) is 0 Å². The fourth-order valence-corrected chi connectivity index (χ4v) is 5.78. The van der Waals surface area contributed by atoms with Crippen LogP contribution in [0.3, 0.4) is 0 Å². The summed E-state index contributed by atoms with van der Waals surface area (Å²) in [6.07, 6.45) is 1.82. The summed E-state index contributed by atoms with van der Waals surface area (Å²) in [6.45, 7) is 3.02. The number of fused-ring (bicyclic) bond motifs is 1. The maximum absolute atomic E-state index is 12.8. The summed E-state index contributed by atoms with van der Waals surface area (Å²) in [5, 5.41) is 31.7. The third kappa shape index (κ3) is 12.0. The number of phosphoric acid groups is 1. The lowest BCUT2D eigenvalue weighted by atomic mass is 10.1. The summed E-state index contributed by atoms with van der Waals surface area (Å²) in [6, 6.07) is 0. The Morgan fingerprint density at radius 3 is 2.26 bits per heavy atom. The normalized spacial score (nSPS) is 22.2. The number of hydrogen-bond donors (Lipinski definition) is 5. The Kier molecular flexibility index (Phi) is 15.9. The Hall–Kier alpha value is -2.76. The number of esters is 2. The molecule has 0 saturated carbocycles. The van der Waals surface area contributed by atoms with Crippen molar-refractivity contribution in [1.82, 2.24) is 19.5 Å². The Balaban J connectivity index is 1.57. The smallest absolute Gasteiger partial charge is 0.462 e. The topological polar surface area (TPSA) is 248 Å². The maximum atomic E-state index is 12.8. The zero-order chi connectivity index (χ0) is 34.4. The highest BCUT2D eigenvalue weighted by atomic mass is 31.2. The average Bonchev–Trinajstić information content (AvgIpc) is 3.59. The van der Waals surface area contributed by atoms with E-state index in [1.165, 1.54) is 10.9 Å². The molecular weight excluding hydrogens is 641 g/mol. The number of anilines is 1. The number of aliphatic hydroxyl groups excluding tert-OH is 3. The molecule has 0 spiro atoms. The lowest BCUT2D eigenvalue weighted by Gasteiger charge is -2.24. The molecule has 0 bridgehead atoms. The number of ether oxygens (including phenoxy) is 3. The summed E-state index contributed by atoms with van der Waals surface area (Å²) in [5.74, 6) is -1.05. The maximum Gasteiger partial charge on any atom is 0.474 e. The number of nitrogens with two attached hydrogens (primary N) is 1. The van der Waals surface area contributed by atoms with Gasteiger partial charge >= 0.3 is 19.8 Å². The van der Waals surface area contributed by atoms with Gasteiger partial charge in [-0.2, -0.15) is 0 Å². The number of nitrogen functional groups attached to an aromatic ring is 1. The molecule has 17 nitrogen and oxygen atoms in total. The number of aliphatic hydroxyl groups is 3. The van der Waals surface area contributed by atoms with Gasteiger partial charge in [0, 0.05) is 12.8 Å². The predicted molar refractivity (Wildman–Crippen MR) is 166 cm³/mol. The molecule has 0 radical (unpaired) electrons. The second-order valence-corrected chi connectivity index (χ2v) is 12.8. The van der Waals surface area contributed by atoms with Crippen molar-refractivity contribution in [1.29, 1.82) is 0 Å². The van der Waals surface area contributed by atoms with Crippen molar-refractivity contribution in [3.05, 3.63) is 12.7 Å². The van der Waals surface area contributed by atoms with Crippen molar-refractivity contribution in [2.45, 2.75) is 128 Å². The number of imidazole rings is 1. The van der Waals surface area contributed by atoms with E-state index in [4.69, 9.17) is 29.0 Å². The molecular formula is C29H48N5O12P. The van der Waals surface area contributed by atoms with E-state index in [1.54, 1.807) is 0 Å². The fourth-order valence-electron chi connectivity index (χ4n) is 4.98. The molecule has 2 aromatic rings. The summed E-state index contributed by atoms with van der Waals surface area (Å²) in [4.78, 5) is 47.0. The molecule has 266 valence electrons. The SMILES string of the molecule is CCCCCCCC(=O)OC[C@H](COP(=O)(O)OC(O)[C@H]1O[C@@H](n2cnc3c(N)ncnc32)[C@H](O)[C@@H]1O)OC(=O)CCCCCCC. The van der Waals surface area contributed by atoms with Crippen molar-refractivity contribution in [2.75, 3.05) is 18.9 Å². The molecule has 1 saturated heterocycles. The minimum atomic E-state index is -5.09. The van der Waals surface area contributed by atoms with E-state index in [0.29, 0.717) is 12.8 Å². The van der Waals surface area contributed by atoms with Crippen LogP contribution >= 0.6 is 7.82 Å². The lowest BCUT2D eigenvalue weighted by Crippen LogP contribution is -2.39. The second-order valence-electron chi connectivity index (χ2n) is 11.4. The van der Waals surface area contributed by atoms with Crippen molar-refractivity contribution in [2.24, 2.45) is 0 Å². The first-order chi connectivity index (χ1) is 22.5. The molecule has 0 amide bonds. The van der Waals surface area contributed by atoms with Crippen molar-refractivity contribution in [3.8, 4) is 0 Å². The van der Waals surface area contributed by atoms with E-state index in [0.717, 1.165) is 57.7 Å². The van der Waals surface area contributed by atoms with Crippen LogP contribution in [0, 0.1) is 0 Å². The van der Waals surface area contributed by atoms with E-state index < -0.39 is 69.9 Å². The van der Waals surface area contributed by atoms with E-state index >= 15 is 0 Å². The minimum Gasteiger partial charge on any atom is -0.462 e. The van der Waals surface area contributed by atoms with Crippen LogP contribution < -0.4 is 5.73 Å². The third-order valence-electron chi connectivity index (χ3n) is 7.58. The van der Waals surface area contributed by atoms with E-state index in [1.807, 2.05) is 0 Å². The van der Waals surface area contributed by atoms with E-state index in [9.17, 15) is 34.4 Å². The zero-order valence-electron chi connectivity index (χ0n) is 26.9. The highest BCUT2D eigenvalue weighted by molar-refractivity contribution is 7.47. The number of carbonyl (C=O) groups is 2. The largest absolute Gasteiger partial charge is 0.474 e. The van der Waals surface area contributed by atoms with Crippen LogP contribution in [0.1, 0.15) is 97.1 Å². The van der Waals surface area contributed by atoms with Gasteiger partial charge in [0.15, 0.2) is 30.1 Å². The number of rotatable bonds is 22. The number of carbonyl (C=O) groups excluding carboxylic acids is 2. The molecule has 1 aliphatic heterocycles. The molecule has 47 heavy (non-hydrogen) atoms. The Bertz CT molecular complexity index is 1320. The monoisotopic (exact) mass is 689 g/mol. The quantitative estimate of drug-likeness (QED) is 0.0516. The summed E-state index contributed by atoms with van der Waals surface area (Å²) in [5.41, 5.74) is 6.16. The van der Waals surface area contributed by atoms with Gasteiger partial charge in [0.2, 0.25) is 0 Å². The molecule has 2 unspecified atom stereocenters. The highest BCUT2D eigenvalue weighted by Gasteiger charge is 2.49. The first-order valence-corrected chi connectivity index (χ1v) is 17.6. The third-order valence-corrected chi connectivity index (χ3v) is 8.54. The number of aromatic nitrogens is 4. The standard InChI is InChI=1S/C29H48N5O12P/c1-3-5-7-9-11-13-20(35)42-15-19(44-21(36)14-12-10-8-6-4-2)16-43-47(40,41)46-29(39)25-23(37)24(38)28(45-25)34-18-33-22-26(30)31-17-32-27(22)34/h17-19,23-25,28-29,37-39H,3-16H2,1-2H3,(H,40,41)(H2,30,31,32)/t19-,23+,24-,25+,28-,29?/m1/s1. The predicted octanol–water partition coefficient (Wildman–Crippen LogP) is 2.66. The first kappa shape index (κ1) is 38.7. The van der Waals surface area contributed by atoms with Gasteiger partial charge in [-0.25, -0.2) is 19.5 Å². The minimum absolute atomic E-state index is 0.0632. The fraction of sp³-hybridized carbons (Fsp3) is 0.759. The Morgan fingerprint density at radius 2 is 1.60 bits per heavy atom. The van der Waals surface area contributed by atoms with E-state index in [2.05, 4.69) is 28.8 Å². The molecule has 0 aromatic carbocycles. The van der Waals surface area contributed by atoms with Gasteiger partial charge in [-0.15, -0.1) is 0 Å². The molecule has 18 heteroatoms. The first-order valence-electron chi connectivity index (χ1n) is 16.1. The van der Waals surface area contributed by atoms with Gasteiger partial charge in [-0.1, -0.05) is 65.2 Å². The van der Waals surface area contributed by atoms with E-state index in [-0.39, 0.29) is 29.8 Å². The highest BCUT2D eigenvalue weighted by Crippen LogP contribution is 2.46. The van der Waals surface area contributed by atoms with Crippen molar-refractivity contribution in [3.63, 3.8) is 0 Å². The van der Waals surface area contributed by atoms with Gasteiger partial charge in [0.1, 0.15) is 36.8 Å². The van der Waals surface area contributed by atoms with Gasteiger partial charge in [-0.05, 0) is 12.8 Å². The molecule has 2 aromatic heterocycles. The van der Waals surface area contributed by atoms with Crippen LogP contribution in [-0.4, -0.2) is 95.6 Å². The summed E-state index contributed by atoms with van der Waals surface area (Å²) < 4.78 is 40.0. The Morgan fingerprint density at radius 1 is 0.957 bits per heavy atom. The lowest BCUT2D eigenvalue weighted by molar-refractivity contribution is -0.167. The second kappa shape index (κ2) is 19.3.